The summed E-state index contributed by atoms with van der Waals surface area (Å²) >= 11 is 0. The fourth-order valence-corrected chi connectivity index (χ4v) is 1.26. The lowest BCUT2D eigenvalue weighted by Gasteiger charge is -2.02. The van der Waals surface area contributed by atoms with Crippen LogP contribution in [0.4, 0.5) is 0 Å². The Balaban J connectivity index is 3.47. The van der Waals surface area contributed by atoms with Crippen LogP contribution in [0.3, 0.4) is 0 Å². The van der Waals surface area contributed by atoms with Crippen LogP contribution in [0.1, 0.15) is 36.3 Å². The number of Topliss-reactive ketones (excluding diaryl/α,β-unsaturated/α-hetero) is 1. The fraction of sp³-hybridized carbons (Fsp3) is 0.444. The van der Waals surface area contributed by atoms with Gasteiger partial charge in [-0.3, -0.25) is 14.6 Å². The van der Waals surface area contributed by atoms with Crippen LogP contribution < -0.4 is 11.2 Å². The Bertz CT molecular complexity index is 456. The fourth-order valence-electron chi connectivity index (χ4n) is 1.26. The van der Waals surface area contributed by atoms with Gasteiger partial charge in [0.2, 0.25) is 0 Å². The number of rotatable bonds is 3. The lowest BCUT2D eigenvalue weighted by atomic mass is 10.1. The SMILES string of the molecule is CCC(=O)c1[nH]c(=O)[nH]c(=O)c1CC. The molecule has 0 bridgehead atoms. The summed E-state index contributed by atoms with van der Waals surface area (Å²) in [7, 11) is 0. The summed E-state index contributed by atoms with van der Waals surface area (Å²) in [5, 5.41) is 0. The lowest BCUT2D eigenvalue weighted by molar-refractivity contribution is 0.0981. The van der Waals surface area contributed by atoms with E-state index in [1.54, 1.807) is 13.8 Å². The molecule has 0 radical (unpaired) electrons. The van der Waals surface area contributed by atoms with E-state index in [2.05, 4.69) is 9.97 Å². The Morgan fingerprint density at radius 2 is 1.86 bits per heavy atom. The second-order valence-corrected chi connectivity index (χ2v) is 2.89. The average molecular weight is 196 g/mol. The van der Waals surface area contributed by atoms with Crippen LogP contribution in [0.5, 0.6) is 0 Å². The first-order chi connectivity index (χ1) is 6.60. The molecule has 0 saturated carbocycles. The molecule has 0 aliphatic heterocycles. The molecule has 1 aromatic rings. The van der Waals surface area contributed by atoms with E-state index in [4.69, 9.17) is 0 Å². The van der Waals surface area contributed by atoms with Gasteiger partial charge in [0, 0.05) is 12.0 Å². The summed E-state index contributed by atoms with van der Waals surface area (Å²) in [5.74, 6) is -0.218. The summed E-state index contributed by atoms with van der Waals surface area (Å²) in [6.07, 6.45) is 0.694. The lowest BCUT2D eigenvalue weighted by Crippen LogP contribution is -2.29. The molecule has 0 atom stereocenters. The van der Waals surface area contributed by atoms with Crippen LogP contribution in [0.2, 0.25) is 0 Å². The van der Waals surface area contributed by atoms with E-state index in [-0.39, 0.29) is 17.9 Å². The number of carbonyl (C=O) groups is 1. The van der Waals surface area contributed by atoms with Crippen LogP contribution in [-0.4, -0.2) is 15.8 Å². The second kappa shape index (κ2) is 4.04. The van der Waals surface area contributed by atoms with Crippen LogP contribution in [-0.2, 0) is 6.42 Å². The van der Waals surface area contributed by atoms with Gasteiger partial charge < -0.3 is 4.98 Å². The largest absolute Gasteiger partial charge is 0.326 e. The first-order valence-electron chi connectivity index (χ1n) is 4.48. The van der Waals surface area contributed by atoms with Gasteiger partial charge in [0.15, 0.2) is 5.78 Å². The van der Waals surface area contributed by atoms with E-state index >= 15 is 0 Å². The Labute approximate surface area is 80.2 Å². The maximum Gasteiger partial charge on any atom is 0.326 e. The zero-order valence-corrected chi connectivity index (χ0v) is 8.14. The third-order valence-corrected chi connectivity index (χ3v) is 1.99. The van der Waals surface area contributed by atoms with Crippen molar-refractivity contribution in [1.29, 1.82) is 0 Å². The topological polar surface area (TPSA) is 82.8 Å². The molecule has 1 rings (SSSR count). The molecule has 0 saturated heterocycles. The zero-order valence-electron chi connectivity index (χ0n) is 8.14. The summed E-state index contributed by atoms with van der Waals surface area (Å²) in [6, 6.07) is 0. The number of nitrogens with one attached hydrogen (secondary N) is 2. The molecule has 5 heteroatoms. The maximum atomic E-state index is 11.4. The van der Waals surface area contributed by atoms with Crippen LogP contribution in [0.25, 0.3) is 0 Å². The number of aromatic nitrogens is 2. The van der Waals surface area contributed by atoms with Crippen molar-refractivity contribution >= 4 is 5.78 Å². The molecule has 0 amide bonds. The van der Waals surface area contributed by atoms with Crippen molar-refractivity contribution in [3.05, 3.63) is 32.1 Å². The van der Waals surface area contributed by atoms with Gasteiger partial charge in [-0.15, -0.1) is 0 Å². The van der Waals surface area contributed by atoms with Crippen molar-refractivity contribution in [2.24, 2.45) is 0 Å². The van der Waals surface area contributed by atoms with Gasteiger partial charge in [-0.05, 0) is 6.42 Å². The third-order valence-electron chi connectivity index (χ3n) is 1.99. The average Bonchev–Trinajstić information content (AvgIpc) is 2.15. The molecule has 0 fully saturated rings. The molecule has 0 aliphatic carbocycles. The van der Waals surface area contributed by atoms with E-state index in [1.807, 2.05) is 0 Å². The van der Waals surface area contributed by atoms with Crippen molar-refractivity contribution in [2.75, 3.05) is 0 Å². The first-order valence-corrected chi connectivity index (χ1v) is 4.48. The van der Waals surface area contributed by atoms with Crippen molar-refractivity contribution in [2.45, 2.75) is 26.7 Å². The Morgan fingerprint density at radius 3 is 2.36 bits per heavy atom. The summed E-state index contributed by atoms with van der Waals surface area (Å²) in [4.78, 5) is 38.0. The van der Waals surface area contributed by atoms with Crippen LogP contribution in [0, 0.1) is 0 Å². The Morgan fingerprint density at radius 1 is 1.21 bits per heavy atom. The van der Waals surface area contributed by atoms with Gasteiger partial charge >= 0.3 is 5.69 Å². The van der Waals surface area contributed by atoms with Crippen molar-refractivity contribution in [1.82, 2.24) is 9.97 Å². The predicted molar refractivity (Wildman–Crippen MR) is 51.7 cm³/mol. The maximum absolute atomic E-state index is 11.4. The molecule has 0 aliphatic rings. The molecule has 0 aromatic carbocycles. The van der Waals surface area contributed by atoms with Crippen LogP contribution >= 0.6 is 0 Å². The molecular formula is C9H12N2O3. The molecular weight excluding hydrogens is 184 g/mol. The van der Waals surface area contributed by atoms with Gasteiger partial charge in [-0.25, -0.2) is 4.79 Å². The number of aromatic amines is 2. The van der Waals surface area contributed by atoms with E-state index in [0.29, 0.717) is 12.0 Å². The number of ketones is 1. The Hall–Kier alpha value is -1.65. The molecule has 5 nitrogen and oxygen atoms in total. The Kier molecular flexibility index (Phi) is 3.01. The van der Waals surface area contributed by atoms with Gasteiger partial charge in [-0.1, -0.05) is 13.8 Å². The monoisotopic (exact) mass is 196 g/mol. The van der Waals surface area contributed by atoms with Crippen molar-refractivity contribution < 1.29 is 4.79 Å². The van der Waals surface area contributed by atoms with E-state index in [1.165, 1.54) is 0 Å². The normalized spacial score (nSPS) is 10.1. The highest BCUT2D eigenvalue weighted by atomic mass is 16.2. The summed E-state index contributed by atoms with van der Waals surface area (Å²) in [6.45, 7) is 3.44. The number of hydrogen-bond donors (Lipinski definition) is 2. The molecule has 2 N–H and O–H groups in total. The van der Waals surface area contributed by atoms with Gasteiger partial charge in [0.25, 0.3) is 5.56 Å². The van der Waals surface area contributed by atoms with Gasteiger partial charge in [0.05, 0.1) is 5.69 Å². The highest BCUT2D eigenvalue weighted by molar-refractivity contribution is 5.95. The van der Waals surface area contributed by atoms with E-state index < -0.39 is 11.2 Å². The van der Waals surface area contributed by atoms with Crippen molar-refractivity contribution in [3.8, 4) is 0 Å². The van der Waals surface area contributed by atoms with E-state index in [9.17, 15) is 14.4 Å². The summed E-state index contributed by atoms with van der Waals surface area (Å²) < 4.78 is 0. The molecule has 0 unspecified atom stereocenters. The van der Waals surface area contributed by atoms with Gasteiger partial charge in [-0.2, -0.15) is 0 Å². The van der Waals surface area contributed by atoms with Crippen molar-refractivity contribution in [3.63, 3.8) is 0 Å². The minimum Gasteiger partial charge on any atom is -0.304 e. The molecule has 1 aromatic heterocycles. The second-order valence-electron chi connectivity index (χ2n) is 2.89. The summed E-state index contributed by atoms with van der Waals surface area (Å²) in [5.41, 5.74) is -0.628. The minimum atomic E-state index is -0.635. The molecule has 76 valence electrons. The smallest absolute Gasteiger partial charge is 0.304 e. The molecule has 0 spiro atoms. The quantitative estimate of drug-likeness (QED) is 0.678. The first kappa shape index (κ1) is 10.4. The highest BCUT2D eigenvalue weighted by Gasteiger charge is 2.12. The van der Waals surface area contributed by atoms with Crippen LogP contribution in [0.15, 0.2) is 9.59 Å². The standard InChI is InChI=1S/C9H12N2O3/c1-3-5-7(6(12)4-2)10-9(14)11-8(5)13/h3-4H2,1-2H3,(H2,10,11,13,14). The van der Waals surface area contributed by atoms with Gasteiger partial charge in [0.1, 0.15) is 0 Å². The molecule has 1 heterocycles. The minimum absolute atomic E-state index is 0.142. The highest BCUT2D eigenvalue weighted by Crippen LogP contribution is 2.01. The van der Waals surface area contributed by atoms with E-state index in [0.717, 1.165) is 0 Å². The third kappa shape index (κ3) is 1.81. The number of H-pyrrole nitrogens is 2. The zero-order chi connectivity index (χ0) is 10.7. The predicted octanol–water partition coefficient (Wildman–Crippen LogP) is 0.218. The number of hydrogen-bond acceptors (Lipinski definition) is 3. The number of carbonyl (C=O) groups excluding carboxylic acids is 1. The molecule has 14 heavy (non-hydrogen) atoms.